The highest BCUT2D eigenvalue weighted by Crippen LogP contribution is 2.31. The number of hydrogen-bond acceptors (Lipinski definition) is 4. The van der Waals surface area contributed by atoms with E-state index in [2.05, 4.69) is 0 Å². The first kappa shape index (κ1) is 17.9. The minimum Gasteiger partial charge on any atom is -0.424 e. The lowest BCUT2D eigenvalue weighted by Crippen LogP contribution is -2.40. The van der Waals surface area contributed by atoms with E-state index in [0.29, 0.717) is 11.1 Å². The van der Waals surface area contributed by atoms with Crippen LogP contribution in [0, 0.1) is 0 Å². The van der Waals surface area contributed by atoms with Gasteiger partial charge in [-0.2, -0.15) is 0 Å². The summed E-state index contributed by atoms with van der Waals surface area (Å²) in [5.41, 5.74) is -0.899. The van der Waals surface area contributed by atoms with Crippen molar-refractivity contribution in [1.82, 2.24) is 0 Å². The van der Waals surface area contributed by atoms with E-state index in [1.165, 1.54) is 24.3 Å². The largest absolute Gasteiger partial charge is 0.424 e. The summed E-state index contributed by atoms with van der Waals surface area (Å²) >= 11 is 5.41. The molecule has 26 heavy (non-hydrogen) atoms. The molecule has 0 heterocycles. The molecule has 130 valence electrons. The first-order valence-electron chi connectivity index (χ1n) is 7.87. The Morgan fingerprint density at radius 3 is 1.65 bits per heavy atom. The van der Waals surface area contributed by atoms with Crippen LogP contribution in [0.25, 0.3) is 0 Å². The summed E-state index contributed by atoms with van der Waals surface area (Å²) < 4.78 is 5.38. The molecular weight excluding hydrogens is 352 g/mol. The number of aliphatic hydroxyl groups is 1. The predicted octanol–water partition coefficient (Wildman–Crippen LogP) is 3.91. The molecular formula is C21H15ClO4. The number of carbonyl (C=O) groups excluding carboxylic acids is 2. The van der Waals surface area contributed by atoms with Crippen molar-refractivity contribution >= 4 is 22.8 Å². The number of esters is 1. The normalized spacial score (nSPS) is 11.0. The van der Waals surface area contributed by atoms with Gasteiger partial charge in [0.05, 0.1) is 0 Å². The van der Waals surface area contributed by atoms with E-state index >= 15 is 0 Å². The van der Waals surface area contributed by atoms with E-state index in [9.17, 15) is 14.7 Å². The summed E-state index contributed by atoms with van der Waals surface area (Å²) in [6, 6.07) is 22.9. The molecule has 3 aromatic rings. The molecule has 3 aromatic carbocycles. The second kappa shape index (κ2) is 7.52. The summed E-state index contributed by atoms with van der Waals surface area (Å²) in [6.07, 6.45) is 0. The Labute approximate surface area is 155 Å². The fourth-order valence-electron chi connectivity index (χ4n) is 2.60. The Hall–Kier alpha value is -2.95. The topological polar surface area (TPSA) is 63.6 Å². The zero-order chi connectivity index (χ0) is 18.6. The maximum absolute atomic E-state index is 12.9. The van der Waals surface area contributed by atoms with Crippen LogP contribution < -0.4 is 4.74 Å². The van der Waals surface area contributed by atoms with Gasteiger partial charge in [0.1, 0.15) is 5.75 Å². The molecule has 0 atom stereocenters. The molecule has 4 nitrogen and oxygen atoms in total. The van der Waals surface area contributed by atoms with Gasteiger partial charge in [0, 0.05) is 5.56 Å². The van der Waals surface area contributed by atoms with Gasteiger partial charge in [-0.1, -0.05) is 60.7 Å². The number of halogens is 1. The number of carbonyl (C=O) groups is 2. The van der Waals surface area contributed by atoms with Gasteiger partial charge in [-0.25, -0.2) is 4.79 Å². The average molecular weight is 367 g/mol. The first-order chi connectivity index (χ1) is 12.5. The highest BCUT2D eigenvalue weighted by atomic mass is 35.5. The smallest absolute Gasteiger partial charge is 0.353 e. The van der Waals surface area contributed by atoms with E-state index in [1.807, 2.05) is 0 Å². The summed E-state index contributed by atoms with van der Waals surface area (Å²) in [7, 11) is 0. The Balaban J connectivity index is 1.97. The third-order valence-electron chi connectivity index (χ3n) is 3.97. The molecule has 0 radical (unpaired) electrons. The van der Waals surface area contributed by atoms with Gasteiger partial charge in [-0.15, -0.1) is 0 Å². The van der Waals surface area contributed by atoms with E-state index in [1.54, 1.807) is 60.7 Å². The third-order valence-corrected chi connectivity index (χ3v) is 4.19. The van der Waals surface area contributed by atoms with Crippen LogP contribution in [0.4, 0.5) is 0 Å². The molecule has 0 aliphatic rings. The minimum atomic E-state index is -1.97. The van der Waals surface area contributed by atoms with Gasteiger partial charge in [-0.3, -0.25) is 4.79 Å². The molecule has 0 amide bonds. The van der Waals surface area contributed by atoms with Crippen molar-refractivity contribution in [2.45, 2.75) is 5.60 Å². The van der Waals surface area contributed by atoms with Crippen LogP contribution in [0.3, 0.4) is 0 Å². The Bertz CT molecular complexity index is 866. The van der Waals surface area contributed by atoms with Gasteiger partial charge in [0.2, 0.25) is 5.60 Å². The maximum Gasteiger partial charge on any atom is 0.353 e. The molecule has 0 unspecified atom stereocenters. The number of ether oxygens (including phenoxy) is 1. The highest BCUT2D eigenvalue weighted by molar-refractivity contribution is 6.67. The van der Waals surface area contributed by atoms with Crippen molar-refractivity contribution in [3.05, 3.63) is 102 Å². The van der Waals surface area contributed by atoms with Gasteiger partial charge in [-0.05, 0) is 47.0 Å². The molecule has 0 saturated carbocycles. The fourth-order valence-corrected chi connectivity index (χ4v) is 2.72. The maximum atomic E-state index is 12.9. The van der Waals surface area contributed by atoms with Crippen molar-refractivity contribution < 1.29 is 19.4 Å². The predicted molar refractivity (Wildman–Crippen MR) is 98.1 cm³/mol. The van der Waals surface area contributed by atoms with Crippen molar-refractivity contribution in [1.29, 1.82) is 0 Å². The van der Waals surface area contributed by atoms with Crippen LogP contribution in [0.2, 0.25) is 0 Å². The van der Waals surface area contributed by atoms with Crippen molar-refractivity contribution in [2.75, 3.05) is 0 Å². The van der Waals surface area contributed by atoms with Crippen molar-refractivity contribution in [3.8, 4) is 5.75 Å². The van der Waals surface area contributed by atoms with Gasteiger partial charge < -0.3 is 9.84 Å². The molecule has 1 N–H and O–H groups in total. The number of rotatable bonds is 5. The van der Waals surface area contributed by atoms with Gasteiger partial charge in [0.15, 0.2) is 0 Å². The van der Waals surface area contributed by atoms with Crippen LogP contribution >= 0.6 is 11.6 Å². The van der Waals surface area contributed by atoms with Gasteiger partial charge in [0.25, 0.3) is 5.24 Å². The van der Waals surface area contributed by atoms with Crippen molar-refractivity contribution in [3.63, 3.8) is 0 Å². The van der Waals surface area contributed by atoms with Gasteiger partial charge >= 0.3 is 5.97 Å². The lowest BCUT2D eigenvalue weighted by Gasteiger charge is -2.27. The lowest BCUT2D eigenvalue weighted by molar-refractivity contribution is -0.152. The molecule has 5 heteroatoms. The fraction of sp³-hybridized carbons (Fsp3) is 0.0476. The average Bonchev–Trinajstić information content (AvgIpc) is 2.69. The molecule has 0 aliphatic heterocycles. The number of hydrogen-bond donors (Lipinski definition) is 1. The monoisotopic (exact) mass is 366 g/mol. The van der Waals surface area contributed by atoms with Crippen LogP contribution in [-0.4, -0.2) is 16.3 Å². The molecule has 0 saturated heterocycles. The summed E-state index contributed by atoms with van der Waals surface area (Å²) in [5.74, 6) is -0.651. The standard InChI is InChI=1S/C21H15ClO4/c22-19(23)15-11-13-18(14-12-15)26-20(24)21(25,16-7-3-1-4-8-16)17-9-5-2-6-10-17/h1-14,25H. The number of benzene rings is 3. The Morgan fingerprint density at radius 2 is 1.23 bits per heavy atom. The van der Waals surface area contributed by atoms with Crippen LogP contribution in [0.15, 0.2) is 84.9 Å². The first-order valence-corrected chi connectivity index (χ1v) is 8.25. The second-order valence-electron chi connectivity index (χ2n) is 5.63. The van der Waals surface area contributed by atoms with Crippen molar-refractivity contribution in [2.24, 2.45) is 0 Å². The molecule has 0 fully saturated rings. The van der Waals surface area contributed by atoms with E-state index in [0.717, 1.165) is 0 Å². The molecule has 0 spiro atoms. The van der Waals surface area contributed by atoms with Crippen LogP contribution in [-0.2, 0) is 10.4 Å². The van der Waals surface area contributed by atoms with E-state index in [-0.39, 0.29) is 11.3 Å². The Kier molecular flexibility index (Phi) is 5.16. The molecule has 0 aromatic heterocycles. The summed E-state index contributed by atoms with van der Waals surface area (Å²) in [5, 5.41) is 10.7. The van der Waals surface area contributed by atoms with Crippen LogP contribution in [0.1, 0.15) is 21.5 Å². The second-order valence-corrected chi connectivity index (χ2v) is 5.97. The summed E-state index contributed by atoms with van der Waals surface area (Å²) in [6.45, 7) is 0. The SMILES string of the molecule is O=C(Cl)c1ccc(OC(=O)C(O)(c2ccccc2)c2ccccc2)cc1. The molecule has 0 bridgehead atoms. The van der Waals surface area contributed by atoms with E-state index < -0.39 is 16.8 Å². The quantitative estimate of drug-likeness (QED) is 0.422. The Morgan fingerprint density at radius 1 is 0.769 bits per heavy atom. The highest BCUT2D eigenvalue weighted by Gasteiger charge is 2.41. The third kappa shape index (κ3) is 3.52. The zero-order valence-electron chi connectivity index (χ0n) is 13.6. The van der Waals surface area contributed by atoms with Crippen LogP contribution in [0.5, 0.6) is 5.75 Å². The summed E-state index contributed by atoms with van der Waals surface area (Å²) in [4.78, 5) is 24.0. The molecule has 3 rings (SSSR count). The zero-order valence-corrected chi connectivity index (χ0v) is 14.4. The van der Waals surface area contributed by atoms with E-state index in [4.69, 9.17) is 16.3 Å². The lowest BCUT2D eigenvalue weighted by atomic mass is 9.86. The minimum absolute atomic E-state index is 0.196. The molecule has 0 aliphatic carbocycles.